The van der Waals surface area contributed by atoms with Gasteiger partial charge in [-0.25, -0.2) is 4.39 Å². The Balaban J connectivity index is 1.45. The molecule has 1 aromatic heterocycles. The SMILES string of the molecule is CC(C)c1ccc(NC(=O)c2ccc(-n3nc(OCc4cccc(F)c4)ccc3=O)cc2)cc1. The molecule has 0 saturated carbocycles. The summed E-state index contributed by atoms with van der Waals surface area (Å²) in [6.45, 7) is 4.34. The van der Waals surface area contributed by atoms with E-state index in [0.29, 0.717) is 28.4 Å². The molecular weight excluding hydrogens is 433 g/mol. The van der Waals surface area contributed by atoms with Gasteiger partial charge in [-0.1, -0.05) is 38.1 Å². The van der Waals surface area contributed by atoms with Gasteiger partial charge in [0.2, 0.25) is 5.88 Å². The summed E-state index contributed by atoms with van der Waals surface area (Å²) in [6, 6.07) is 23.1. The van der Waals surface area contributed by atoms with E-state index in [1.165, 1.54) is 34.5 Å². The summed E-state index contributed by atoms with van der Waals surface area (Å²) in [4.78, 5) is 24.9. The third-order valence-electron chi connectivity index (χ3n) is 5.26. The van der Waals surface area contributed by atoms with Crippen LogP contribution in [0.25, 0.3) is 5.69 Å². The van der Waals surface area contributed by atoms with Crippen molar-refractivity contribution in [1.29, 1.82) is 0 Å². The lowest BCUT2D eigenvalue weighted by molar-refractivity contribution is 0.102. The van der Waals surface area contributed by atoms with Crippen LogP contribution in [0.4, 0.5) is 10.1 Å². The standard InChI is InChI=1S/C27H24FN3O3/c1-18(2)20-6-10-23(11-7-20)29-27(33)21-8-12-24(13-9-21)31-26(32)15-14-25(30-31)34-17-19-4-3-5-22(28)16-19/h3-16,18H,17H2,1-2H3,(H,29,33). The topological polar surface area (TPSA) is 73.2 Å². The largest absolute Gasteiger partial charge is 0.472 e. The Morgan fingerprint density at radius 3 is 2.41 bits per heavy atom. The van der Waals surface area contributed by atoms with Crippen LogP contribution in [0.2, 0.25) is 0 Å². The minimum atomic E-state index is -0.351. The average molecular weight is 458 g/mol. The van der Waals surface area contributed by atoms with Crippen LogP contribution in [0.5, 0.6) is 5.88 Å². The van der Waals surface area contributed by atoms with Crippen LogP contribution < -0.4 is 15.6 Å². The summed E-state index contributed by atoms with van der Waals surface area (Å²) < 4.78 is 20.1. The Kier molecular flexibility index (Phi) is 6.82. The van der Waals surface area contributed by atoms with Gasteiger partial charge in [-0.15, -0.1) is 5.10 Å². The molecule has 4 rings (SSSR count). The van der Waals surface area contributed by atoms with E-state index in [1.807, 2.05) is 24.3 Å². The summed E-state index contributed by atoms with van der Waals surface area (Å²) in [7, 11) is 0. The van der Waals surface area contributed by atoms with Gasteiger partial charge in [0.1, 0.15) is 12.4 Å². The Hall–Kier alpha value is -4.26. The van der Waals surface area contributed by atoms with Crippen molar-refractivity contribution >= 4 is 11.6 Å². The molecule has 1 N–H and O–H groups in total. The van der Waals surface area contributed by atoms with Gasteiger partial charge in [0.25, 0.3) is 11.5 Å². The Morgan fingerprint density at radius 2 is 1.74 bits per heavy atom. The molecule has 3 aromatic carbocycles. The molecule has 7 heteroatoms. The van der Waals surface area contributed by atoms with Crippen LogP contribution in [-0.4, -0.2) is 15.7 Å². The minimum Gasteiger partial charge on any atom is -0.472 e. The molecule has 0 radical (unpaired) electrons. The molecule has 172 valence electrons. The molecule has 6 nitrogen and oxygen atoms in total. The summed E-state index contributed by atoms with van der Waals surface area (Å²) in [5.74, 6) is 0.0298. The van der Waals surface area contributed by atoms with Gasteiger partial charge in [0.15, 0.2) is 0 Å². The number of ether oxygens (including phenoxy) is 1. The second-order valence-electron chi connectivity index (χ2n) is 8.12. The molecule has 0 fully saturated rings. The van der Waals surface area contributed by atoms with E-state index in [2.05, 4.69) is 24.3 Å². The molecule has 0 unspecified atom stereocenters. The number of carbonyl (C=O) groups excluding carboxylic acids is 1. The number of amides is 1. The third-order valence-corrected chi connectivity index (χ3v) is 5.26. The quantitative estimate of drug-likeness (QED) is 0.407. The Labute approximate surface area is 196 Å². The Morgan fingerprint density at radius 1 is 1.00 bits per heavy atom. The van der Waals surface area contributed by atoms with Crippen LogP contribution in [0.15, 0.2) is 89.7 Å². The first-order chi connectivity index (χ1) is 16.4. The van der Waals surface area contributed by atoms with E-state index in [9.17, 15) is 14.0 Å². The number of nitrogens with one attached hydrogen (secondary N) is 1. The molecule has 0 aliphatic rings. The number of hydrogen-bond acceptors (Lipinski definition) is 4. The van der Waals surface area contributed by atoms with E-state index < -0.39 is 0 Å². The smallest absolute Gasteiger partial charge is 0.271 e. The summed E-state index contributed by atoms with van der Waals surface area (Å²) >= 11 is 0. The molecule has 0 aliphatic heterocycles. The zero-order valence-corrected chi connectivity index (χ0v) is 18.9. The molecular formula is C27H24FN3O3. The molecule has 0 saturated heterocycles. The van der Waals surface area contributed by atoms with Gasteiger partial charge in [0, 0.05) is 23.4 Å². The number of rotatable bonds is 7. The highest BCUT2D eigenvalue weighted by molar-refractivity contribution is 6.04. The fourth-order valence-corrected chi connectivity index (χ4v) is 3.35. The van der Waals surface area contributed by atoms with Crippen molar-refractivity contribution in [1.82, 2.24) is 9.78 Å². The highest BCUT2D eigenvalue weighted by atomic mass is 19.1. The molecule has 0 spiro atoms. The van der Waals surface area contributed by atoms with Crippen LogP contribution >= 0.6 is 0 Å². The second-order valence-corrected chi connectivity index (χ2v) is 8.12. The zero-order chi connectivity index (χ0) is 24.1. The number of carbonyl (C=O) groups is 1. The normalized spacial score (nSPS) is 10.8. The van der Waals surface area contributed by atoms with Crippen molar-refractivity contribution in [3.05, 3.63) is 118 Å². The number of anilines is 1. The predicted octanol–water partition coefficient (Wildman–Crippen LogP) is 5.33. The fourth-order valence-electron chi connectivity index (χ4n) is 3.35. The molecule has 1 amide bonds. The summed E-state index contributed by atoms with van der Waals surface area (Å²) in [5.41, 5.74) is 3.14. The van der Waals surface area contributed by atoms with Gasteiger partial charge in [-0.05, 0) is 65.6 Å². The van der Waals surface area contributed by atoms with Gasteiger partial charge >= 0.3 is 0 Å². The third kappa shape index (κ3) is 5.56. The first kappa shape index (κ1) is 22.9. The first-order valence-corrected chi connectivity index (χ1v) is 10.9. The van der Waals surface area contributed by atoms with Crippen molar-refractivity contribution in [3.8, 4) is 11.6 Å². The maximum absolute atomic E-state index is 13.3. The number of hydrogen-bond donors (Lipinski definition) is 1. The summed E-state index contributed by atoms with van der Waals surface area (Å²) in [5, 5.41) is 7.10. The number of aromatic nitrogens is 2. The molecule has 4 aromatic rings. The van der Waals surface area contributed by atoms with Crippen molar-refractivity contribution in [2.24, 2.45) is 0 Å². The molecule has 1 heterocycles. The van der Waals surface area contributed by atoms with E-state index in [1.54, 1.807) is 36.4 Å². The van der Waals surface area contributed by atoms with E-state index in [4.69, 9.17) is 4.74 Å². The highest BCUT2D eigenvalue weighted by Crippen LogP contribution is 2.18. The van der Waals surface area contributed by atoms with Crippen molar-refractivity contribution in [3.63, 3.8) is 0 Å². The average Bonchev–Trinajstić information content (AvgIpc) is 2.84. The van der Waals surface area contributed by atoms with Crippen molar-refractivity contribution in [2.45, 2.75) is 26.4 Å². The maximum atomic E-state index is 13.3. The van der Waals surface area contributed by atoms with Crippen LogP contribution in [-0.2, 0) is 6.61 Å². The molecule has 0 bridgehead atoms. The van der Waals surface area contributed by atoms with E-state index in [-0.39, 0.29) is 29.8 Å². The van der Waals surface area contributed by atoms with Crippen molar-refractivity contribution < 1.29 is 13.9 Å². The molecule has 0 aliphatic carbocycles. The number of benzene rings is 3. The lowest BCUT2D eigenvalue weighted by Gasteiger charge is -2.10. The monoisotopic (exact) mass is 457 g/mol. The first-order valence-electron chi connectivity index (χ1n) is 10.9. The van der Waals surface area contributed by atoms with Crippen LogP contribution in [0.1, 0.15) is 41.3 Å². The van der Waals surface area contributed by atoms with Gasteiger partial charge < -0.3 is 10.1 Å². The zero-order valence-electron chi connectivity index (χ0n) is 18.9. The summed E-state index contributed by atoms with van der Waals surface area (Å²) in [6.07, 6.45) is 0. The van der Waals surface area contributed by atoms with Crippen LogP contribution in [0.3, 0.4) is 0 Å². The fraction of sp³-hybridized carbons (Fsp3) is 0.148. The minimum absolute atomic E-state index is 0.111. The van der Waals surface area contributed by atoms with E-state index >= 15 is 0 Å². The predicted molar refractivity (Wildman–Crippen MR) is 129 cm³/mol. The van der Waals surface area contributed by atoms with Gasteiger partial charge in [-0.3, -0.25) is 9.59 Å². The lowest BCUT2D eigenvalue weighted by Crippen LogP contribution is -2.20. The lowest BCUT2D eigenvalue weighted by atomic mass is 10.0. The molecule has 34 heavy (non-hydrogen) atoms. The second kappa shape index (κ2) is 10.1. The highest BCUT2D eigenvalue weighted by Gasteiger charge is 2.09. The molecule has 0 atom stereocenters. The number of halogens is 1. The van der Waals surface area contributed by atoms with Gasteiger partial charge in [-0.2, -0.15) is 4.68 Å². The maximum Gasteiger partial charge on any atom is 0.271 e. The van der Waals surface area contributed by atoms with Gasteiger partial charge in [0.05, 0.1) is 5.69 Å². The van der Waals surface area contributed by atoms with Crippen molar-refractivity contribution in [2.75, 3.05) is 5.32 Å². The Bertz CT molecular complexity index is 1350. The number of nitrogens with zero attached hydrogens (tertiary/aromatic N) is 2. The van der Waals surface area contributed by atoms with E-state index in [0.717, 1.165) is 0 Å². The van der Waals surface area contributed by atoms with Crippen LogP contribution in [0, 0.1) is 5.82 Å².